The lowest BCUT2D eigenvalue weighted by Gasteiger charge is -2.34. The topological polar surface area (TPSA) is 87.8 Å². The SMILES string of the molecule is Cc1nc2cc(OCC(O)CN3CCN(Cc4noc(-c5cccc(C(F)(F)F)c5)n4)CC3)ccc2s1. The van der Waals surface area contributed by atoms with Crippen LogP contribution in [0.3, 0.4) is 0 Å². The predicted molar refractivity (Wildman–Crippen MR) is 132 cm³/mol. The van der Waals surface area contributed by atoms with Gasteiger partial charge in [0.05, 0.1) is 27.3 Å². The summed E-state index contributed by atoms with van der Waals surface area (Å²) in [6.45, 7) is 6.06. The van der Waals surface area contributed by atoms with Crippen molar-refractivity contribution in [1.82, 2.24) is 24.9 Å². The predicted octanol–water partition coefficient (Wildman–Crippen LogP) is 4.23. The van der Waals surface area contributed by atoms with Gasteiger partial charge in [0.2, 0.25) is 0 Å². The number of aromatic nitrogens is 3. The fourth-order valence-electron chi connectivity index (χ4n) is 4.25. The molecule has 37 heavy (non-hydrogen) atoms. The van der Waals surface area contributed by atoms with E-state index in [4.69, 9.17) is 9.26 Å². The fourth-order valence-corrected chi connectivity index (χ4v) is 5.06. The summed E-state index contributed by atoms with van der Waals surface area (Å²) in [6.07, 6.45) is -5.07. The van der Waals surface area contributed by atoms with E-state index in [1.165, 1.54) is 12.1 Å². The summed E-state index contributed by atoms with van der Waals surface area (Å²) in [4.78, 5) is 13.1. The Morgan fingerprint density at radius 1 is 1.08 bits per heavy atom. The largest absolute Gasteiger partial charge is 0.491 e. The smallest absolute Gasteiger partial charge is 0.416 e. The molecule has 1 N–H and O–H groups in total. The second-order valence-corrected chi connectivity index (χ2v) is 10.2. The summed E-state index contributed by atoms with van der Waals surface area (Å²) in [5.74, 6) is 1.17. The van der Waals surface area contributed by atoms with Crippen LogP contribution in [0.1, 0.15) is 16.4 Å². The molecule has 0 radical (unpaired) electrons. The third-order valence-corrected chi connectivity index (χ3v) is 7.06. The Hall–Kier alpha value is -3.06. The van der Waals surface area contributed by atoms with Gasteiger partial charge in [-0.05, 0) is 37.3 Å². The third-order valence-electron chi connectivity index (χ3n) is 6.11. The van der Waals surface area contributed by atoms with E-state index in [1.54, 1.807) is 11.3 Å². The number of aliphatic hydroxyl groups excluding tert-OH is 1. The molecule has 4 aromatic rings. The van der Waals surface area contributed by atoms with Crippen LogP contribution >= 0.6 is 11.3 Å². The van der Waals surface area contributed by atoms with Gasteiger partial charge in [0, 0.05) is 44.4 Å². The summed E-state index contributed by atoms with van der Waals surface area (Å²) in [5.41, 5.74) is 0.370. The van der Waals surface area contributed by atoms with E-state index in [1.807, 2.05) is 25.1 Å². The van der Waals surface area contributed by atoms with Gasteiger partial charge in [0.15, 0.2) is 5.82 Å². The highest BCUT2D eigenvalue weighted by Crippen LogP contribution is 2.32. The van der Waals surface area contributed by atoms with E-state index in [9.17, 15) is 18.3 Å². The van der Waals surface area contributed by atoms with Crippen LogP contribution in [0.15, 0.2) is 47.0 Å². The van der Waals surface area contributed by atoms with Crippen LogP contribution in [0.2, 0.25) is 0 Å². The lowest BCUT2D eigenvalue weighted by Crippen LogP contribution is -2.48. The van der Waals surface area contributed by atoms with Crippen LogP contribution in [0.25, 0.3) is 21.7 Å². The first-order valence-electron chi connectivity index (χ1n) is 11.9. The molecule has 0 amide bonds. The van der Waals surface area contributed by atoms with Crippen molar-refractivity contribution in [1.29, 1.82) is 0 Å². The number of benzene rings is 2. The Kier molecular flexibility index (Phi) is 7.43. The number of aliphatic hydroxyl groups is 1. The van der Waals surface area contributed by atoms with Gasteiger partial charge in [-0.15, -0.1) is 11.3 Å². The van der Waals surface area contributed by atoms with Crippen LogP contribution in [0.5, 0.6) is 5.75 Å². The fraction of sp³-hybridized carbons (Fsp3) is 0.400. The maximum atomic E-state index is 13.0. The first-order valence-corrected chi connectivity index (χ1v) is 12.7. The molecule has 1 fully saturated rings. The molecule has 2 aromatic carbocycles. The first-order chi connectivity index (χ1) is 17.7. The van der Waals surface area contributed by atoms with Crippen molar-refractivity contribution < 1.29 is 27.5 Å². The number of halogens is 3. The number of β-amino-alcohol motifs (C(OH)–C–C–N with tert-alkyl or cyclic N) is 1. The molecule has 196 valence electrons. The van der Waals surface area contributed by atoms with Crippen LogP contribution in [0, 0.1) is 6.92 Å². The monoisotopic (exact) mass is 533 g/mol. The molecule has 3 heterocycles. The molecular weight excluding hydrogens is 507 g/mol. The number of hydrogen-bond donors (Lipinski definition) is 1. The van der Waals surface area contributed by atoms with E-state index < -0.39 is 17.8 Å². The zero-order chi connectivity index (χ0) is 26.0. The molecular formula is C25H26F3N5O3S. The molecule has 12 heteroatoms. The van der Waals surface area contributed by atoms with E-state index in [0.29, 0.717) is 24.7 Å². The minimum atomic E-state index is -4.44. The Balaban J connectivity index is 1.07. The molecule has 5 rings (SSSR count). The Bertz CT molecular complexity index is 1350. The second-order valence-electron chi connectivity index (χ2n) is 9.00. The highest BCUT2D eigenvalue weighted by molar-refractivity contribution is 7.18. The summed E-state index contributed by atoms with van der Waals surface area (Å²) in [6, 6.07) is 10.6. The van der Waals surface area contributed by atoms with Crippen molar-refractivity contribution in [3.8, 4) is 17.2 Å². The maximum Gasteiger partial charge on any atom is 0.416 e. The summed E-state index contributed by atoms with van der Waals surface area (Å²) in [5, 5.41) is 15.4. The van der Waals surface area contributed by atoms with Crippen LogP contribution in [-0.4, -0.2) is 75.5 Å². The van der Waals surface area contributed by atoms with E-state index in [2.05, 4.69) is 24.9 Å². The minimum absolute atomic E-state index is 0.0620. The molecule has 1 saturated heterocycles. The van der Waals surface area contributed by atoms with E-state index >= 15 is 0 Å². The Morgan fingerprint density at radius 3 is 2.65 bits per heavy atom. The quantitative estimate of drug-likeness (QED) is 0.360. The molecule has 0 saturated carbocycles. The molecule has 1 unspecified atom stereocenters. The van der Waals surface area contributed by atoms with Crippen molar-refractivity contribution in [2.45, 2.75) is 25.7 Å². The van der Waals surface area contributed by atoms with Crippen molar-refractivity contribution in [2.75, 3.05) is 39.3 Å². The van der Waals surface area contributed by atoms with E-state index in [-0.39, 0.29) is 18.1 Å². The van der Waals surface area contributed by atoms with Gasteiger partial charge in [0.1, 0.15) is 18.5 Å². The zero-order valence-corrected chi connectivity index (χ0v) is 20.9. The van der Waals surface area contributed by atoms with Gasteiger partial charge in [-0.25, -0.2) is 4.98 Å². The van der Waals surface area contributed by atoms with Crippen molar-refractivity contribution in [2.24, 2.45) is 0 Å². The van der Waals surface area contributed by atoms with Gasteiger partial charge in [-0.1, -0.05) is 11.2 Å². The third kappa shape index (κ3) is 6.45. The van der Waals surface area contributed by atoms with Crippen LogP contribution < -0.4 is 4.74 Å². The zero-order valence-electron chi connectivity index (χ0n) is 20.1. The van der Waals surface area contributed by atoms with Crippen molar-refractivity contribution >= 4 is 21.6 Å². The van der Waals surface area contributed by atoms with Crippen molar-refractivity contribution in [3.63, 3.8) is 0 Å². The van der Waals surface area contributed by atoms with Crippen LogP contribution in [0.4, 0.5) is 13.2 Å². The number of aryl methyl sites for hydroxylation is 1. The number of thiazole rings is 1. The maximum absolute atomic E-state index is 13.0. The van der Waals surface area contributed by atoms with Gasteiger partial charge in [0.25, 0.3) is 5.89 Å². The summed E-state index contributed by atoms with van der Waals surface area (Å²) in [7, 11) is 0. The number of nitrogens with zero attached hydrogens (tertiary/aromatic N) is 5. The number of piperazine rings is 1. The van der Waals surface area contributed by atoms with Crippen molar-refractivity contribution in [3.05, 3.63) is 58.9 Å². The molecule has 0 aliphatic carbocycles. The molecule has 8 nitrogen and oxygen atoms in total. The minimum Gasteiger partial charge on any atom is -0.491 e. The molecule has 1 aliphatic rings. The average molecular weight is 534 g/mol. The number of ether oxygens (including phenoxy) is 1. The second kappa shape index (κ2) is 10.7. The number of rotatable bonds is 8. The Labute approximate surface area is 215 Å². The lowest BCUT2D eigenvalue weighted by molar-refractivity contribution is -0.137. The van der Waals surface area contributed by atoms with Gasteiger partial charge < -0.3 is 14.4 Å². The molecule has 1 atom stereocenters. The van der Waals surface area contributed by atoms with Gasteiger partial charge in [-0.2, -0.15) is 18.2 Å². The normalized spacial score (nSPS) is 16.4. The summed E-state index contributed by atoms with van der Waals surface area (Å²) >= 11 is 1.63. The number of fused-ring (bicyclic) bond motifs is 1. The Morgan fingerprint density at radius 2 is 1.86 bits per heavy atom. The molecule has 2 aromatic heterocycles. The summed E-state index contributed by atoms with van der Waals surface area (Å²) < 4.78 is 51.0. The van der Waals surface area contributed by atoms with Gasteiger partial charge in [-0.3, -0.25) is 9.80 Å². The molecule has 0 bridgehead atoms. The lowest BCUT2D eigenvalue weighted by atomic mass is 10.1. The highest BCUT2D eigenvalue weighted by atomic mass is 32.1. The molecule has 1 aliphatic heterocycles. The number of alkyl halides is 3. The van der Waals surface area contributed by atoms with Crippen LogP contribution in [-0.2, 0) is 12.7 Å². The number of hydrogen-bond acceptors (Lipinski definition) is 9. The standard InChI is InChI=1S/C25H26F3N5O3S/c1-16-29-21-12-20(5-6-22(21)37-16)35-15-19(34)13-32-7-9-33(10-8-32)14-23-30-24(36-31-23)17-3-2-4-18(11-17)25(26,27)28/h2-6,11-12,19,34H,7-10,13-15H2,1H3. The highest BCUT2D eigenvalue weighted by Gasteiger charge is 2.31. The average Bonchev–Trinajstić information content (AvgIpc) is 3.49. The van der Waals surface area contributed by atoms with E-state index in [0.717, 1.165) is 53.5 Å². The van der Waals surface area contributed by atoms with Gasteiger partial charge >= 0.3 is 6.18 Å². The first kappa shape index (κ1) is 25.6. The molecule has 0 spiro atoms.